The lowest BCUT2D eigenvalue weighted by Crippen LogP contribution is -2.40. The Morgan fingerprint density at radius 3 is 1.12 bits per heavy atom. The molecular weight excluding hydrogens is 947 g/mol. The first kappa shape index (κ1) is 72.2. The molecule has 2 unspecified atom stereocenters. The Morgan fingerprint density at radius 2 is 0.750 bits per heavy atom. The molecule has 9 heteroatoms. The zero-order valence-corrected chi connectivity index (χ0v) is 49.6. The summed E-state index contributed by atoms with van der Waals surface area (Å²) in [6.07, 6.45) is 74.9. The minimum atomic E-state index is -1.52. The van der Waals surface area contributed by atoms with E-state index in [9.17, 15) is 19.5 Å². The Morgan fingerprint density at radius 1 is 0.408 bits per heavy atom. The van der Waals surface area contributed by atoms with E-state index in [1.54, 1.807) is 0 Å². The van der Waals surface area contributed by atoms with Crippen LogP contribution < -0.4 is 0 Å². The first-order chi connectivity index (χ1) is 37.1. The number of hydrogen-bond acceptors (Lipinski definition) is 7. The third-order valence-electron chi connectivity index (χ3n) is 13.1. The molecule has 2 atom stereocenters. The molecule has 0 aliphatic carbocycles. The van der Waals surface area contributed by atoms with Crippen LogP contribution in [0.5, 0.6) is 0 Å². The highest BCUT2D eigenvalue weighted by Gasteiger charge is 2.25. The number of aliphatic carboxylic acids is 1. The molecule has 0 aliphatic rings. The van der Waals surface area contributed by atoms with Crippen molar-refractivity contribution in [1.82, 2.24) is 0 Å². The van der Waals surface area contributed by atoms with Crippen LogP contribution in [0.15, 0.2) is 97.2 Å². The number of unbranched alkanes of at least 4 members (excludes halogenated alkanes) is 25. The Bertz CT molecular complexity index is 1570. The number of carbonyl (C=O) groups excluding carboxylic acids is 2. The average Bonchev–Trinajstić information content (AvgIpc) is 3.39. The van der Waals surface area contributed by atoms with E-state index < -0.39 is 24.3 Å². The van der Waals surface area contributed by atoms with Crippen molar-refractivity contribution >= 4 is 17.9 Å². The SMILES string of the molecule is CC/C=C\C/C=C\C/C=C\C/C=C\C/C=C\C/C=C\C/C=C\C/C=C\CCCCCCC(=O)OC(COC(=O)CCCCCCCCCCCCCCCCCCCCCCCC)COC(OCC[N+](C)(C)C)C(=O)O. The van der Waals surface area contributed by atoms with Crippen LogP contribution in [0.2, 0.25) is 0 Å². The van der Waals surface area contributed by atoms with Gasteiger partial charge in [0.15, 0.2) is 6.10 Å². The number of ether oxygens (including phenoxy) is 4. The van der Waals surface area contributed by atoms with Gasteiger partial charge in [0.05, 0.1) is 34.4 Å². The molecule has 0 spiro atoms. The van der Waals surface area contributed by atoms with Gasteiger partial charge in [0.1, 0.15) is 13.2 Å². The van der Waals surface area contributed by atoms with Crippen LogP contribution >= 0.6 is 0 Å². The summed E-state index contributed by atoms with van der Waals surface area (Å²) in [5.74, 6) is -2.04. The molecule has 0 aliphatic heterocycles. The van der Waals surface area contributed by atoms with Crippen LogP contribution in [-0.2, 0) is 33.3 Å². The third kappa shape index (κ3) is 57.9. The summed E-state index contributed by atoms with van der Waals surface area (Å²) in [5.41, 5.74) is 0. The molecule has 0 amide bonds. The van der Waals surface area contributed by atoms with Gasteiger partial charge in [0, 0.05) is 12.8 Å². The summed E-state index contributed by atoms with van der Waals surface area (Å²) in [6, 6.07) is 0. The molecule has 0 saturated carbocycles. The first-order valence-corrected chi connectivity index (χ1v) is 30.9. The maximum absolute atomic E-state index is 12.9. The van der Waals surface area contributed by atoms with E-state index in [4.69, 9.17) is 18.9 Å². The second-order valence-electron chi connectivity index (χ2n) is 21.6. The number of carboxylic acid groups (broad SMARTS) is 1. The molecule has 436 valence electrons. The number of quaternary nitrogens is 1. The van der Waals surface area contributed by atoms with Gasteiger partial charge in [-0.15, -0.1) is 0 Å². The van der Waals surface area contributed by atoms with E-state index in [-0.39, 0.29) is 32.2 Å². The zero-order valence-electron chi connectivity index (χ0n) is 49.6. The van der Waals surface area contributed by atoms with Crippen molar-refractivity contribution in [2.45, 2.75) is 264 Å². The standard InChI is InChI=1S/C67H115NO8/c1-6-8-10-12-14-16-18-20-22-24-26-28-30-31-32-33-34-35-36-38-40-42-44-46-48-50-52-54-56-58-65(70)76-63(62-75-67(66(71)72)73-60-59-68(3,4)5)61-74-64(69)57-55-53-51-49-47-45-43-41-39-37-29-27-25-23-21-19-17-15-13-11-9-7-2/h8,10,14,16,20,22,26,28,31-32,34-35,38,40,44,46,63,67H,6-7,9,11-13,15,17-19,21,23-25,27,29-30,33,36-37,39,41-43,45,47-62H2,1-5H3/p+1/b10-8-,16-14-,22-20-,28-26-,32-31-,35-34-,40-38-,46-44-. The maximum atomic E-state index is 12.9. The minimum absolute atomic E-state index is 0.179. The van der Waals surface area contributed by atoms with Gasteiger partial charge >= 0.3 is 17.9 Å². The highest BCUT2D eigenvalue weighted by molar-refractivity contribution is 5.71. The van der Waals surface area contributed by atoms with Gasteiger partial charge in [-0.1, -0.05) is 259 Å². The van der Waals surface area contributed by atoms with E-state index in [0.717, 1.165) is 96.3 Å². The lowest BCUT2D eigenvalue weighted by molar-refractivity contribution is -0.870. The number of carbonyl (C=O) groups is 3. The molecule has 0 saturated heterocycles. The number of esters is 2. The average molecular weight is 1060 g/mol. The lowest BCUT2D eigenvalue weighted by Gasteiger charge is -2.25. The van der Waals surface area contributed by atoms with Crippen molar-refractivity contribution in [3.05, 3.63) is 97.2 Å². The summed E-state index contributed by atoms with van der Waals surface area (Å²) in [6.45, 7) is 4.75. The number of nitrogens with zero attached hydrogens (tertiary/aromatic N) is 1. The fraction of sp³-hybridized carbons (Fsp3) is 0.716. The molecule has 0 bridgehead atoms. The highest BCUT2D eigenvalue weighted by Crippen LogP contribution is 2.16. The van der Waals surface area contributed by atoms with Gasteiger partial charge < -0.3 is 28.5 Å². The molecular formula is C67H116NO8+. The Kier molecular flexibility index (Phi) is 54.5. The maximum Gasteiger partial charge on any atom is 0.361 e. The summed E-state index contributed by atoms with van der Waals surface area (Å²) >= 11 is 0. The third-order valence-corrected chi connectivity index (χ3v) is 13.1. The molecule has 0 radical (unpaired) electrons. The second-order valence-corrected chi connectivity index (χ2v) is 21.6. The smallest absolute Gasteiger partial charge is 0.361 e. The van der Waals surface area contributed by atoms with E-state index in [0.29, 0.717) is 23.9 Å². The first-order valence-electron chi connectivity index (χ1n) is 30.9. The zero-order chi connectivity index (χ0) is 55.5. The normalized spacial score (nSPS) is 13.4. The van der Waals surface area contributed by atoms with E-state index >= 15 is 0 Å². The van der Waals surface area contributed by atoms with Crippen LogP contribution in [0.4, 0.5) is 0 Å². The van der Waals surface area contributed by atoms with Crippen molar-refractivity contribution in [3.8, 4) is 0 Å². The quantitative estimate of drug-likeness (QED) is 0.0211. The Balaban J connectivity index is 4.29. The predicted octanol–water partition coefficient (Wildman–Crippen LogP) is 18.5. The van der Waals surface area contributed by atoms with Crippen molar-refractivity contribution in [3.63, 3.8) is 0 Å². The number of hydrogen-bond donors (Lipinski definition) is 1. The van der Waals surface area contributed by atoms with Crippen LogP contribution in [0.25, 0.3) is 0 Å². The van der Waals surface area contributed by atoms with Crippen LogP contribution in [0.3, 0.4) is 0 Å². The minimum Gasteiger partial charge on any atom is -0.477 e. The molecule has 0 aromatic heterocycles. The summed E-state index contributed by atoms with van der Waals surface area (Å²) < 4.78 is 22.9. The molecule has 0 rings (SSSR count). The topological polar surface area (TPSA) is 108 Å². The van der Waals surface area contributed by atoms with E-state index in [1.807, 2.05) is 21.1 Å². The van der Waals surface area contributed by atoms with Gasteiger partial charge in [-0.2, -0.15) is 0 Å². The summed E-state index contributed by atoms with van der Waals surface area (Å²) in [7, 11) is 5.96. The second kappa shape index (κ2) is 57.4. The number of likely N-dealkylation sites (N-methyl/N-ethyl adjacent to an activating group) is 1. The molecule has 76 heavy (non-hydrogen) atoms. The van der Waals surface area contributed by atoms with Crippen LogP contribution in [-0.4, -0.2) is 87.4 Å². The highest BCUT2D eigenvalue weighted by atomic mass is 16.7. The summed E-state index contributed by atoms with van der Waals surface area (Å²) in [4.78, 5) is 37.5. The number of allylic oxidation sites excluding steroid dienone is 16. The van der Waals surface area contributed by atoms with Gasteiger partial charge in [-0.3, -0.25) is 9.59 Å². The molecule has 0 aromatic carbocycles. The van der Waals surface area contributed by atoms with Gasteiger partial charge in [-0.25, -0.2) is 4.79 Å². The van der Waals surface area contributed by atoms with Gasteiger partial charge in [-0.05, 0) is 77.0 Å². The van der Waals surface area contributed by atoms with Crippen molar-refractivity contribution in [1.29, 1.82) is 0 Å². The molecule has 0 heterocycles. The van der Waals surface area contributed by atoms with Gasteiger partial charge in [0.2, 0.25) is 0 Å². The summed E-state index contributed by atoms with van der Waals surface area (Å²) in [5, 5.41) is 9.72. The van der Waals surface area contributed by atoms with Crippen molar-refractivity contribution in [2.24, 2.45) is 0 Å². The van der Waals surface area contributed by atoms with Crippen molar-refractivity contribution in [2.75, 3.05) is 47.5 Å². The van der Waals surface area contributed by atoms with Crippen LogP contribution in [0, 0.1) is 0 Å². The predicted molar refractivity (Wildman–Crippen MR) is 322 cm³/mol. The lowest BCUT2D eigenvalue weighted by atomic mass is 10.0. The van der Waals surface area contributed by atoms with Crippen LogP contribution in [0.1, 0.15) is 251 Å². The molecule has 0 fully saturated rings. The van der Waals surface area contributed by atoms with Gasteiger partial charge in [0.25, 0.3) is 6.29 Å². The Labute approximate surface area is 467 Å². The molecule has 1 N–H and O–H groups in total. The van der Waals surface area contributed by atoms with Crippen molar-refractivity contribution < 1.29 is 42.9 Å². The largest absolute Gasteiger partial charge is 0.477 e. The molecule has 9 nitrogen and oxygen atoms in total. The monoisotopic (exact) mass is 1060 g/mol. The fourth-order valence-corrected chi connectivity index (χ4v) is 8.38. The molecule has 0 aromatic rings. The fourth-order valence-electron chi connectivity index (χ4n) is 8.38. The van der Waals surface area contributed by atoms with E-state index in [1.165, 1.54) is 122 Å². The van der Waals surface area contributed by atoms with E-state index in [2.05, 4.69) is 111 Å². The number of rotatable bonds is 56. The Hall–Kier alpha value is -3.79. The number of carboxylic acids is 1.